The van der Waals surface area contributed by atoms with Gasteiger partial charge in [0.15, 0.2) is 0 Å². The Morgan fingerprint density at radius 3 is 2.65 bits per heavy atom. The molecule has 0 radical (unpaired) electrons. The van der Waals surface area contributed by atoms with Crippen molar-refractivity contribution in [1.29, 1.82) is 0 Å². The Bertz CT molecular complexity index is 525. The number of aryl methyl sites for hydroxylation is 1. The molecule has 1 amide bonds. The van der Waals surface area contributed by atoms with E-state index in [9.17, 15) is 4.79 Å². The van der Waals surface area contributed by atoms with Crippen molar-refractivity contribution in [3.63, 3.8) is 0 Å². The van der Waals surface area contributed by atoms with Gasteiger partial charge in [-0.05, 0) is 37.6 Å². The first-order valence-corrected chi connectivity index (χ1v) is 8.33. The highest BCUT2D eigenvalue weighted by atomic mass is 16.5. The van der Waals surface area contributed by atoms with E-state index in [0.29, 0.717) is 18.0 Å². The van der Waals surface area contributed by atoms with Gasteiger partial charge in [-0.25, -0.2) is 0 Å². The lowest BCUT2D eigenvalue weighted by Gasteiger charge is -2.33. The second-order valence-electron chi connectivity index (χ2n) is 6.60. The maximum absolute atomic E-state index is 12.3. The molecule has 0 bridgehead atoms. The first-order valence-electron chi connectivity index (χ1n) is 8.33. The average Bonchev–Trinajstić information content (AvgIpc) is 2.55. The topological polar surface area (TPSA) is 44.8 Å². The number of ether oxygens (including phenoxy) is 1. The van der Waals surface area contributed by atoms with Crippen molar-refractivity contribution < 1.29 is 9.53 Å². The van der Waals surface area contributed by atoms with Crippen molar-refractivity contribution in [3.8, 4) is 5.75 Å². The number of methoxy groups -OCH3 is 1. The summed E-state index contributed by atoms with van der Waals surface area (Å²) in [5.74, 6) is 1.16. The highest BCUT2D eigenvalue weighted by Gasteiger charge is 2.17. The van der Waals surface area contributed by atoms with Gasteiger partial charge in [-0.3, -0.25) is 4.79 Å². The number of carbonyl (C=O) groups is 1. The standard InChI is InChI=1S/C18H29N3O2/c1-14(13-21-9-7-20(3)8-10-21)12-19-18(22)16-6-5-15(2)17(11-16)23-4/h5-6,11,14H,7-10,12-13H2,1-4H3,(H,19,22)/t14-/m1/s1. The van der Waals surface area contributed by atoms with Crippen LogP contribution in [-0.2, 0) is 0 Å². The van der Waals surface area contributed by atoms with Gasteiger partial charge in [0.05, 0.1) is 7.11 Å². The molecule has 0 aromatic heterocycles. The van der Waals surface area contributed by atoms with E-state index in [4.69, 9.17) is 4.74 Å². The predicted octanol–water partition coefficient (Wildman–Crippen LogP) is 1.62. The third-order valence-electron chi connectivity index (χ3n) is 4.45. The number of rotatable bonds is 6. The van der Waals surface area contributed by atoms with E-state index in [-0.39, 0.29) is 5.91 Å². The summed E-state index contributed by atoms with van der Waals surface area (Å²) < 4.78 is 5.28. The molecular weight excluding hydrogens is 290 g/mol. The lowest BCUT2D eigenvalue weighted by molar-refractivity contribution is 0.0937. The summed E-state index contributed by atoms with van der Waals surface area (Å²) >= 11 is 0. The minimum atomic E-state index is -0.0338. The zero-order chi connectivity index (χ0) is 16.8. The third-order valence-corrected chi connectivity index (χ3v) is 4.45. The number of hydrogen-bond acceptors (Lipinski definition) is 4. The molecule has 0 unspecified atom stereocenters. The van der Waals surface area contributed by atoms with Crippen molar-refractivity contribution in [1.82, 2.24) is 15.1 Å². The molecule has 128 valence electrons. The van der Waals surface area contributed by atoms with Gasteiger partial charge in [-0.2, -0.15) is 0 Å². The maximum atomic E-state index is 12.3. The Hall–Kier alpha value is -1.59. The molecular formula is C18H29N3O2. The van der Waals surface area contributed by atoms with E-state index >= 15 is 0 Å². The molecule has 1 atom stereocenters. The molecule has 1 aromatic carbocycles. The summed E-state index contributed by atoms with van der Waals surface area (Å²) in [5, 5.41) is 3.04. The Kier molecular flexibility index (Phi) is 6.42. The molecule has 0 saturated carbocycles. The number of amides is 1. The molecule has 0 spiro atoms. The number of hydrogen-bond donors (Lipinski definition) is 1. The van der Waals surface area contributed by atoms with E-state index in [1.54, 1.807) is 13.2 Å². The maximum Gasteiger partial charge on any atom is 0.251 e. The summed E-state index contributed by atoms with van der Waals surface area (Å²) in [4.78, 5) is 17.1. The Labute approximate surface area is 139 Å². The van der Waals surface area contributed by atoms with Crippen LogP contribution in [0.4, 0.5) is 0 Å². The van der Waals surface area contributed by atoms with Gasteiger partial charge in [-0.15, -0.1) is 0 Å². The number of carbonyl (C=O) groups excluding carboxylic acids is 1. The van der Waals surface area contributed by atoms with Crippen LogP contribution in [-0.4, -0.2) is 69.1 Å². The van der Waals surface area contributed by atoms with Crippen molar-refractivity contribution in [3.05, 3.63) is 29.3 Å². The molecule has 5 heteroatoms. The van der Waals surface area contributed by atoms with Gasteiger partial charge in [0.25, 0.3) is 5.91 Å². The summed E-state index contributed by atoms with van der Waals surface area (Å²) in [7, 11) is 3.79. The molecule has 1 aliphatic heterocycles. The minimum Gasteiger partial charge on any atom is -0.496 e. The smallest absolute Gasteiger partial charge is 0.251 e. The number of benzene rings is 1. The van der Waals surface area contributed by atoms with Crippen LogP contribution in [0.1, 0.15) is 22.8 Å². The Balaban J connectivity index is 1.79. The number of piperazine rings is 1. The lowest BCUT2D eigenvalue weighted by Crippen LogP contribution is -2.46. The quantitative estimate of drug-likeness (QED) is 0.865. The lowest BCUT2D eigenvalue weighted by atomic mass is 10.1. The molecule has 1 aromatic rings. The number of nitrogens with zero attached hydrogens (tertiary/aromatic N) is 2. The SMILES string of the molecule is COc1cc(C(=O)NC[C@@H](C)CN2CCN(C)CC2)ccc1C. The first kappa shape index (κ1) is 17.8. The van der Waals surface area contributed by atoms with Crippen molar-refractivity contribution in [2.45, 2.75) is 13.8 Å². The van der Waals surface area contributed by atoms with Gasteiger partial charge in [0.2, 0.25) is 0 Å². The van der Waals surface area contributed by atoms with Gasteiger partial charge < -0.3 is 19.9 Å². The average molecular weight is 319 g/mol. The fourth-order valence-corrected chi connectivity index (χ4v) is 2.87. The molecule has 0 aliphatic carbocycles. The van der Waals surface area contributed by atoms with Crippen LogP contribution >= 0.6 is 0 Å². The second-order valence-corrected chi connectivity index (χ2v) is 6.60. The first-order chi connectivity index (χ1) is 11.0. The van der Waals surface area contributed by atoms with Crippen LogP contribution in [0.2, 0.25) is 0 Å². The van der Waals surface area contributed by atoms with Crippen LogP contribution in [0.15, 0.2) is 18.2 Å². The molecule has 1 aliphatic rings. The van der Waals surface area contributed by atoms with E-state index < -0.39 is 0 Å². The zero-order valence-electron chi connectivity index (χ0n) is 14.8. The summed E-state index contributed by atoms with van der Waals surface area (Å²) in [5.41, 5.74) is 1.69. The van der Waals surface area contributed by atoms with E-state index in [1.807, 2.05) is 19.1 Å². The van der Waals surface area contributed by atoms with Crippen LogP contribution in [0.25, 0.3) is 0 Å². The summed E-state index contributed by atoms with van der Waals surface area (Å²) in [6.07, 6.45) is 0. The Morgan fingerprint density at radius 1 is 1.30 bits per heavy atom. The van der Waals surface area contributed by atoms with Crippen molar-refractivity contribution in [2.24, 2.45) is 5.92 Å². The fraction of sp³-hybridized carbons (Fsp3) is 0.611. The van der Waals surface area contributed by atoms with Gasteiger partial charge in [-0.1, -0.05) is 13.0 Å². The van der Waals surface area contributed by atoms with Crippen LogP contribution in [0.5, 0.6) is 5.75 Å². The van der Waals surface area contributed by atoms with Crippen molar-refractivity contribution >= 4 is 5.91 Å². The van der Waals surface area contributed by atoms with E-state index in [0.717, 1.165) is 44.0 Å². The third kappa shape index (κ3) is 5.22. The molecule has 23 heavy (non-hydrogen) atoms. The predicted molar refractivity (Wildman–Crippen MR) is 93.2 cm³/mol. The molecule has 1 N–H and O–H groups in total. The van der Waals surface area contributed by atoms with Gasteiger partial charge in [0.1, 0.15) is 5.75 Å². The largest absolute Gasteiger partial charge is 0.496 e. The highest BCUT2D eigenvalue weighted by molar-refractivity contribution is 5.94. The normalized spacial score (nSPS) is 17.7. The van der Waals surface area contributed by atoms with Crippen molar-refractivity contribution in [2.75, 3.05) is 53.4 Å². The van der Waals surface area contributed by atoms with Gasteiger partial charge >= 0.3 is 0 Å². The Morgan fingerprint density at radius 2 is 2.00 bits per heavy atom. The molecule has 2 rings (SSSR count). The van der Waals surface area contributed by atoms with E-state index in [1.165, 1.54) is 0 Å². The van der Waals surface area contributed by atoms with Crippen LogP contribution in [0, 0.1) is 12.8 Å². The zero-order valence-corrected chi connectivity index (χ0v) is 14.8. The molecule has 5 nitrogen and oxygen atoms in total. The molecule has 1 fully saturated rings. The van der Waals surface area contributed by atoms with E-state index in [2.05, 4.69) is 29.1 Å². The van der Waals surface area contributed by atoms with Crippen LogP contribution in [0.3, 0.4) is 0 Å². The molecule has 1 saturated heterocycles. The van der Waals surface area contributed by atoms with Crippen LogP contribution < -0.4 is 10.1 Å². The highest BCUT2D eigenvalue weighted by Crippen LogP contribution is 2.18. The minimum absolute atomic E-state index is 0.0338. The summed E-state index contributed by atoms with van der Waals surface area (Å²) in [6.45, 7) is 10.4. The second kappa shape index (κ2) is 8.31. The monoisotopic (exact) mass is 319 g/mol. The number of likely N-dealkylation sites (N-methyl/N-ethyl adjacent to an activating group) is 1. The summed E-state index contributed by atoms with van der Waals surface area (Å²) in [6, 6.07) is 5.57. The fourth-order valence-electron chi connectivity index (χ4n) is 2.87. The van der Waals surface area contributed by atoms with Gasteiger partial charge in [0, 0.05) is 44.8 Å². The molecule has 1 heterocycles. The number of nitrogens with one attached hydrogen (secondary N) is 1.